The van der Waals surface area contributed by atoms with Crippen LogP contribution in [0.5, 0.6) is 0 Å². The molecule has 194 valence electrons. The first-order chi connectivity index (χ1) is 15.5. The number of alkyl halides is 1. The van der Waals surface area contributed by atoms with Crippen LogP contribution in [0, 0.1) is 0 Å². The molecule has 0 heterocycles. The average Bonchev–Trinajstić information content (AvgIpc) is 2.77. The summed E-state index contributed by atoms with van der Waals surface area (Å²) in [7, 11) is 0. The summed E-state index contributed by atoms with van der Waals surface area (Å²) in [5, 5.41) is 5.17. The van der Waals surface area contributed by atoms with Gasteiger partial charge in [-0.2, -0.15) is 0 Å². The second-order valence-corrected chi connectivity index (χ2v) is 6.99. The molecule has 2 amide bonds. The normalized spacial score (nSPS) is 12.2. The van der Waals surface area contributed by atoms with E-state index in [0.29, 0.717) is 65.8 Å². The van der Waals surface area contributed by atoms with Gasteiger partial charge in [-0.05, 0) is 13.8 Å². The maximum atomic E-state index is 13.4. The van der Waals surface area contributed by atoms with Gasteiger partial charge in [0.15, 0.2) is 0 Å². The highest BCUT2D eigenvalue weighted by Gasteiger charge is 2.08. The summed E-state index contributed by atoms with van der Waals surface area (Å²) >= 11 is 0. The van der Waals surface area contributed by atoms with Gasteiger partial charge in [0.1, 0.15) is 12.8 Å². The Morgan fingerprint density at radius 1 is 0.781 bits per heavy atom. The number of halogens is 1. The third-order valence-electron chi connectivity index (χ3n) is 3.74. The lowest BCUT2D eigenvalue weighted by Crippen LogP contribution is -2.32. The van der Waals surface area contributed by atoms with Crippen LogP contribution in [0.4, 0.5) is 4.39 Å². The molecule has 0 aromatic carbocycles. The largest absolute Gasteiger partial charge is 0.377 e. The Hall–Kier alpha value is -1.37. The molecule has 0 aliphatic heterocycles. The molecule has 0 aromatic rings. The molecular formula is C21H45FN2O8. The Labute approximate surface area is 193 Å². The van der Waals surface area contributed by atoms with E-state index in [2.05, 4.69) is 10.6 Å². The van der Waals surface area contributed by atoms with Crippen molar-refractivity contribution in [2.75, 3.05) is 85.8 Å². The van der Waals surface area contributed by atoms with E-state index in [4.69, 9.17) is 28.4 Å². The smallest absolute Gasteiger partial charge is 0.246 e. The van der Waals surface area contributed by atoms with Crippen LogP contribution in [0.3, 0.4) is 0 Å². The minimum Gasteiger partial charge on any atom is -0.377 e. The maximum absolute atomic E-state index is 13.4. The van der Waals surface area contributed by atoms with E-state index in [1.165, 1.54) is 0 Å². The zero-order chi connectivity index (χ0) is 23.9. The Morgan fingerprint density at radius 2 is 1.28 bits per heavy atom. The van der Waals surface area contributed by atoms with E-state index in [-0.39, 0.29) is 47.1 Å². The lowest BCUT2D eigenvalue weighted by Gasteiger charge is -2.10. The number of rotatable bonds is 23. The van der Waals surface area contributed by atoms with Gasteiger partial charge >= 0.3 is 0 Å². The fourth-order valence-electron chi connectivity index (χ4n) is 2.06. The molecular weight excluding hydrogens is 427 g/mol. The van der Waals surface area contributed by atoms with Crippen molar-refractivity contribution in [3.8, 4) is 0 Å². The summed E-state index contributed by atoms with van der Waals surface area (Å²) < 4.78 is 45.2. The van der Waals surface area contributed by atoms with Crippen molar-refractivity contribution in [2.24, 2.45) is 0 Å². The fourth-order valence-corrected chi connectivity index (χ4v) is 2.06. The van der Waals surface area contributed by atoms with Gasteiger partial charge in [0.2, 0.25) is 11.8 Å². The van der Waals surface area contributed by atoms with E-state index >= 15 is 0 Å². The molecule has 0 aliphatic carbocycles. The topological polar surface area (TPSA) is 114 Å². The van der Waals surface area contributed by atoms with Gasteiger partial charge in [0.05, 0.1) is 78.7 Å². The monoisotopic (exact) mass is 472 g/mol. The molecule has 0 radical (unpaired) electrons. The van der Waals surface area contributed by atoms with E-state index < -0.39 is 6.17 Å². The van der Waals surface area contributed by atoms with Gasteiger partial charge in [-0.1, -0.05) is 6.92 Å². The quantitative estimate of drug-likeness (QED) is 0.212. The Bertz CT molecular complexity index is 468. The Kier molecular flexibility index (Phi) is 21.8. The summed E-state index contributed by atoms with van der Waals surface area (Å²) in [6.45, 7) is 9.47. The van der Waals surface area contributed by atoms with Gasteiger partial charge in [0, 0.05) is 15.8 Å². The van der Waals surface area contributed by atoms with Gasteiger partial charge in [-0.3, -0.25) is 9.59 Å². The lowest BCUT2D eigenvalue weighted by molar-refractivity contribution is -0.127. The molecule has 11 heteroatoms. The molecule has 0 aliphatic rings. The van der Waals surface area contributed by atoms with Crippen molar-refractivity contribution in [1.29, 1.82) is 0 Å². The summed E-state index contributed by atoms with van der Waals surface area (Å²) in [5.74, 6) is -0.338. The van der Waals surface area contributed by atoms with Gasteiger partial charge in [0.25, 0.3) is 0 Å². The van der Waals surface area contributed by atoms with Crippen molar-refractivity contribution in [3.05, 3.63) is 0 Å². The predicted molar refractivity (Wildman–Crippen MR) is 121 cm³/mol. The molecule has 0 aromatic heterocycles. The standard InChI is InChI=1S/C21H41FN2O8.2H2/c1-4-20(25)24-15-19(22)16-31-14-13-30-12-11-29-10-9-28-8-7-27-6-5-23-21(26)17-32-18(2)3;;/h18-19H,4-17H2,1-3H3,(H,23,26)(H,24,25);2*1H. The second kappa shape index (κ2) is 22.8. The predicted octanol–water partition coefficient (Wildman–Crippen LogP) is 0.967. The Balaban J connectivity index is -0.00000480. The highest BCUT2D eigenvalue weighted by atomic mass is 19.1. The van der Waals surface area contributed by atoms with Gasteiger partial charge in [-0.15, -0.1) is 0 Å². The number of carbonyl (C=O) groups excluding carboxylic acids is 2. The molecule has 0 saturated carbocycles. The first-order valence-electron chi connectivity index (χ1n) is 11.1. The molecule has 0 fully saturated rings. The molecule has 2 N–H and O–H groups in total. The number of ether oxygens (including phenoxy) is 6. The van der Waals surface area contributed by atoms with Crippen LogP contribution >= 0.6 is 0 Å². The summed E-state index contributed by atoms with van der Waals surface area (Å²) in [4.78, 5) is 22.4. The number of hydrogen-bond donors (Lipinski definition) is 2. The molecule has 1 unspecified atom stereocenters. The van der Waals surface area contributed by atoms with Crippen molar-refractivity contribution in [2.45, 2.75) is 39.5 Å². The van der Waals surface area contributed by atoms with Gasteiger partial charge < -0.3 is 39.1 Å². The zero-order valence-corrected chi connectivity index (χ0v) is 19.7. The number of carbonyl (C=O) groups is 2. The van der Waals surface area contributed by atoms with Crippen LogP contribution in [0.25, 0.3) is 0 Å². The number of nitrogens with one attached hydrogen (secondary N) is 2. The third kappa shape index (κ3) is 23.3. The summed E-state index contributed by atoms with van der Waals surface area (Å²) in [6.07, 6.45) is -0.864. The number of hydrogen-bond acceptors (Lipinski definition) is 8. The lowest BCUT2D eigenvalue weighted by atomic mass is 10.4. The van der Waals surface area contributed by atoms with Crippen molar-refractivity contribution >= 4 is 11.8 Å². The zero-order valence-electron chi connectivity index (χ0n) is 19.7. The minimum atomic E-state index is -1.23. The van der Waals surface area contributed by atoms with Crippen LogP contribution in [0.1, 0.15) is 30.0 Å². The van der Waals surface area contributed by atoms with Crippen LogP contribution in [0.2, 0.25) is 0 Å². The SMILES string of the molecule is CCC(=O)NCC(F)COCCOCCOCCOCCOCCNC(=O)COC(C)C.[HH].[HH]. The molecule has 32 heavy (non-hydrogen) atoms. The average molecular weight is 473 g/mol. The summed E-state index contributed by atoms with van der Waals surface area (Å²) in [6, 6.07) is 0. The molecule has 10 nitrogen and oxygen atoms in total. The third-order valence-corrected chi connectivity index (χ3v) is 3.74. The maximum Gasteiger partial charge on any atom is 0.246 e. The van der Waals surface area contributed by atoms with Gasteiger partial charge in [-0.25, -0.2) is 4.39 Å². The first-order valence-corrected chi connectivity index (χ1v) is 11.1. The summed E-state index contributed by atoms with van der Waals surface area (Å²) in [5.41, 5.74) is 0. The van der Waals surface area contributed by atoms with Crippen LogP contribution in [0.15, 0.2) is 0 Å². The highest BCUT2D eigenvalue weighted by molar-refractivity contribution is 5.77. The minimum absolute atomic E-state index is 0. The van der Waals surface area contributed by atoms with Crippen molar-refractivity contribution in [1.82, 2.24) is 10.6 Å². The molecule has 1 atom stereocenters. The van der Waals surface area contributed by atoms with E-state index in [0.717, 1.165) is 0 Å². The highest BCUT2D eigenvalue weighted by Crippen LogP contribution is 1.92. The van der Waals surface area contributed by atoms with Crippen LogP contribution in [-0.2, 0) is 38.0 Å². The van der Waals surface area contributed by atoms with Crippen molar-refractivity contribution in [3.63, 3.8) is 0 Å². The molecule has 0 saturated heterocycles. The van der Waals surface area contributed by atoms with Crippen LogP contribution < -0.4 is 10.6 Å². The van der Waals surface area contributed by atoms with E-state index in [1.807, 2.05) is 13.8 Å². The molecule has 0 bridgehead atoms. The second-order valence-electron chi connectivity index (χ2n) is 6.99. The number of amides is 2. The molecule has 0 spiro atoms. The first kappa shape index (κ1) is 30.6. The Morgan fingerprint density at radius 3 is 1.78 bits per heavy atom. The fraction of sp³-hybridized carbons (Fsp3) is 0.905. The van der Waals surface area contributed by atoms with Crippen molar-refractivity contribution < 1.29 is 45.3 Å². The van der Waals surface area contributed by atoms with E-state index in [1.54, 1.807) is 6.92 Å². The van der Waals surface area contributed by atoms with E-state index in [9.17, 15) is 14.0 Å². The van der Waals surface area contributed by atoms with Crippen LogP contribution in [-0.4, -0.2) is 110 Å². The molecule has 0 rings (SSSR count).